The molecule has 0 radical (unpaired) electrons. The fraction of sp³-hybridized carbons (Fsp3) is 0.178. The molecule has 8 heteroatoms. The highest BCUT2D eigenvalue weighted by Gasteiger charge is 2.19. The number of benzene rings is 3. The molecule has 0 bridgehead atoms. The number of aromatic nitrogens is 3. The highest BCUT2D eigenvalue weighted by molar-refractivity contribution is 5.91. The molecule has 0 atom stereocenters. The van der Waals surface area contributed by atoms with E-state index in [1.54, 1.807) is 6.20 Å². The number of rotatable bonds is 9. The van der Waals surface area contributed by atoms with Crippen LogP contribution < -0.4 is 4.90 Å². The number of carbonyl (C=O) groups is 2. The van der Waals surface area contributed by atoms with Gasteiger partial charge in [0.15, 0.2) is 0 Å². The molecule has 0 unspecified atom stereocenters. The molecule has 53 heavy (non-hydrogen) atoms. The number of anilines is 3. The summed E-state index contributed by atoms with van der Waals surface area (Å²) < 4.78 is 0. The normalized spacial score (nSPS) is 11.8. The van der Waals surface area contributed by atoms with Crippen molar-refractivity contribution in [2.24, 2.45) is 0 Å². The van der Waals surface area contributed by atoms with Crippen molar-refractivity contribution in [1.29, 1.82) is 0 Å². The monoisotopic (exact) mass is 702 g/mol. The van der Waals surface area contributed by atoms with Gasteiger partial charge in [-0.1, -0.05) is 90.1 Å². The van der Waals surface area contributed by atoms with Crippen molar-refractivity contribution in [3.63, 3.8) is 0 Å². The third-order valence-corrected chi connectivity index (χ3v) is 8.99. The number of carboxylic acids is 2. The molecular formula is C45H42N4O4. The topological polar surface area (TPSA) is 117 Å². The molecule has 0 fully saturated rings. The van der Waals surface area contributed by atoms with Crippen LogP contribution in [-0.4, -0.2) is 37.1 Å². The highest BCUT2D eigenvalue weighted by Crippen LogP contribution is 2.37. The molecule has 6 rings (SSSR count). The van der Waals surface area contributed by atoms with Crippen LogP contribution in [0.4, 0.5) is 17.1 Å². The summed E-state index contributed by atoms with van der Waals surface area (Å²) in [5.41, 5.74) is 8.95. The van der Waals surface area contributed by atoms with Gasteiger partial charge in [0.2, 0.25) is 0 Å². The summed E-state index contributed by atoms with van der Waals surface area (Å²) >= 11 is 0. The fourth-order valence-electron chi connectivity index (χ4n) is 5.91. The van der Waals surface area contributed by atoms with E-state index in [1.807, 2.05) is 24.3 Å². The Morgan fingerprint density at radius 1 is 0.509 bits per heavy atom. The zero-order valence-electron chi connectivity index (χ0n) is 30.7. The molecule has 0 saturated heterocycles. The predicted octanol–water partition coefficient (Wildman–Crippen LogP) is 10.8. The molecule has 0 aliphatic heterocycles. The van der Waals surface area contributed by atoms with E-state index in [4.69, 9.17) is 0 Å². The average Bonchev–Trinajstić information content (AvgIpc) is 3.14. The van der Waals surface area contributed by atoms with Crippen LogP contribution in [0.15, 0.2) is 122 Å². The average molecular weight is 703 g/mol. The van der Waals surface area contributed by atoms with Gasteiger partial charge in [-0.25, -0.2) is 14.6 Å². The number of carboxylic acid groups (broad SMARTS) is 2. The fourth-order valence-corrected chi connectivity index (χ4v) is 5.91. The number of hydrogen-bond acceptors (Lipinski definition) is 6. The van der Waals surface area contributed by atoms with Gasteiger partial charge in [0.05, 0.1) is 33.9 Å². The summed E-state index contributed by atoms with van der Waals surface area (Å²) in [7, 11) is 0. The summed E-state index contributed by atoms with van der Waals surface area (Å²) in [4.78, 5) is 39.1. The molecule has 266 valence electrons. The third-order valence-electron chi connectivity index (χ3n) is 8.99. The van der Waals surface area contributed by atoms with Gasteiger partial charge in [-0.2, -0.15) is 0 Å². The molecule has 0 amide bonds. The van der Waals surface area contributed by atoms with Crippen molar-refractivity contribution in [3.05, 3.63) is 155 Å². The van der Waals surface area contributed by atoms with E-state index in [9.17, 15) is 19.8 Å². The number of aromatic carboxylic acids is 2. The lowest BCUT2D eigenvalue weighted by Gasteiger charge is -2.28. The summed E-state index contributed by atoms with van der Waals surface area (Å²) in [5.74, 6) is -2.26. The van der Waals surface area contributed by atoms with Crippen LogP contribution in [0.25, 0.3) is 34.9 Å². The Labute approximate surface area is 310 Å². The molecule has 3 aromatic heterocycles. The maximum Gasteiger partial charge on any atom is 0.335 e. The van der Waals surface area contributed by atoms with Crippen molar-refractivity contribution in [2.45, 2.75) is 52.4 Å². The Hall–Kier alpha value is -6.41. The van der Waals surface area contributed by atoms with Crippen molar-refractivity contribution in [1.82, 2.24) is 15.0 Å². The minimum atomic E-state index is -1.15. The Bertz CT molecular complexity index is 2240. The Balaban J connectivity index is 1.29. The second-order valence-corrected chi connectivity index (χ2v) is 15.0. The van der Waals surface area contributed by atoms with E-state index < -0.39 is 11.9 Å². The first-order chi connectivity index (χ1) is 25.2. The van der Waals surface area contributed by atoms with Gasteiger partial charge in [-0.3, -0.25) is 9.97 Å². The first-order valence-corrected chi connectivity index (χ1v) is 17.4. The van der Waals surface area contributed by atoms with Crippen molar-refractivity contribution in [2.75, 3.05) is 4.90 Å². The second-order valence-electron chi connectivity index (χ2n) is 15.0. The van der Waals surface area contributed by atoms with Crippen molar-refractivity contribution < 1.29 is 19.8 Å². The first-order valence-electron chi connectivity index (χ1n) is 17.4. The van der Waals surface area contributed by atoms with Gasteiger partial charge in [-0.15, -0.1) is 0 Å². The van der Waals surface area contributed by atoms with Crippen LogP contribution in [-0.2, 0) is 10.8 Å². The minimum Gasteiger partial charge on any atom is -0.478 e. The van der Waals surface area contributed by atoms with E-state index in [2.05, 4.69) is 134 Å². The zero-order valence-corrected chi connectivity index (χ0v) is 30.7. The summed E-state index contributed by atoms with van der Waals surface area (Å²) in [6, 6.07) is 35.2. The van der Waals surface area contributed by atoms with Gasteiger partial charge in [-0.05, 0) is 106 Å². The van der Waals surface area contributed by atoms with Crippen LogP contribution >= 0.6 is 0 Å². The molecule has 0 saturated carbocycles. The van der Waals surface area contributed by atoms with E-state index >= 15 is 0 Å². The van der Waals surface area contributed by atoms with Crippen LogP contribution in [0.1, 0.15) is 84.5 Å². The van der Waals surface area contributed by atoms with Crippen LogP contribution in [0.3, 0.4) is 0 Å². The lowest BCUT2D eigenvalue weighted by molar-refractivity contribution is 0.0686. The maximum atomic E-state index is 12.0. The van der Waals surface area contributed by atoms with Gasteiger partial charge in [0, 0.05) is 29.5 Å². The van der Waals surface area contributed by atoms with Crippen LogP contribution in [0, 0.1) is 0 Å². The standard InChI is InChI=1S/C45H42N4O4/c1-44(2,3)33-11-17-36(18-12-33)49(37-19-13-34(14-20-37)45(4,5)6)35-15-9-29(10-16-35)7-8-30-21-23-46-38(25-30)40-27-32(43(52)53)28-41(48-40)39-26-31(42(50)51)22-24-47-39/h7-28H,1-6H3,(H,50,51)(H,52,53)/b8-7+. The molecule has 3 heterocycles. The maximum absolute atomic E-state index is 12.0. The minimum absolute atomic E-state index is 0.0142. The number of nitrogens with zero attached hydrogens (tertiary/aromatic N) is 4. The van der Waals surface area contributed by atoms with Crippen molar-refractivity contribution >= 4 is 41.2 Å². The van der Waals surface area contributed by atoms with E-state index in [0.717, 1.165) is 28.2 Å². The van der Waals surface area contributed by atoms with E-state index in [1.165, 1.54) is 41.6 Å². The van der Waals surface area contributed by atoms with Crippen LogP contribution in [0.5, 0.6) is 0 Å². The molecular weight excluding hydrogens is 661 g/mol. The molecule has 6 aromatic rings. The third kappa shape index (κ3) is 8.56. The first kappa shape index (κ1) is 36.4. The molecule has 8 nitrogen and oxygen atoms in total. The molecule has 0 aliphatic rings. The second kappa shape index (κ2) is 14.7. The summed E-state index contributed by atoms with van der Waals surface area (Å²) in [5, 5.41) is 19.2. The summed E-state index contributed by atoms with van der Waals surface area (Å²) in [6.07, 6.45) is 6.98. The smallest absolute Gasteiger partial charge is 0.335 e. The highest BCUT2D eigenvalue weighted by atomic mass is 16.4. The largest absolute Gasteiger partial charge is 0.478 e. The zero-order chi connectivity index (χ0) is 37.9. The molecule has 0 aliphatic carbocycles. The van der Waals surface area contributed by atoms with Gasteiger partial charge in [0.1, 0.15) is 0 Å². The Kier molecular flexibility index (Phi) is 10.1. The Morgan fingerprint density at radius 3 is 1.40 bits per heavy atom. The quantitative estimate of drug-likeness (QED) is 0.153. The predicted molar refractivity (Wildman–Crippen MR) is 212 cm³/mol. The SMILES string of the molecule is CC(C)(C)c1ccc(N(c2ccc(/C=C/c3ccnc(-c4cc(C(=O)O)cc(-c5cc(C(=O)O)ccn5)n4)c3)cc2)c2ccc(C(C)(C)C)cc2)cc1. The van der Waals surface area contributed by atoms with Gasteiger partial charge in [0.25, 0.3) is 0 Å². The summed E-state index contributed by atoms with van der Waals surface area (Å²) in [6.45, 7) is 13.3. The van der Waals surface area contributed by atoms with E-state index in [0.29, 0.717) is 11.4 Å². The lowest BCUT2D eigenvalue weighted by atomic mass is 9.86. The Morgan fingerprint density at radius 2 is 0.925 bits per heavy atom. The number of pyridine rings is 3. The van der Waals surface area contributed by atoms with E-state index in [-0.39, 0.29) is 33.3 Å². The molecule has 0 spiro atoms. The van der Waals surface area contributed by atoms with Crippen LogP contribution in [0.2, 0.25) is 0 Å². The molecule has 2 N–H and O–H groups in total. The number of hydrogen-bond donors (Lipinski definition) is 2. The van der Waals surface area contributed by atoms with Gasteiger partial charge >= 0.3 is 11.9 Å². The molecule has 3 aromatic carbocycles. The van der Waals surface area contributed by atoms with Crippen molar-refractivity contribution in [3.8, 4) is 22.8 Å². The van der Waals surface area contributed by atoms with Gasteiger partial charge < -0.3 is 15.1 Å². The lowest BCUT2D eigenvalue weighted by Crippen LogP contribution is -2.14.